The van der Waals surface area contributed by atoms with Gasteiger partial charge in [0, 0.05) is 10.3 Å². The molecule has 0 saturated carbocycles. The molecular formula is C16H20N2O4S. The molecular weight excluding hydrogens is 316 g/mol. The predicted octanol–water partition coefficient (Wildman–Crippen LogP) is 2.26. The number of carboxylic acids is 1. The highest BCUT2D eigenvalue weighted by Gasteiger charge is 2.37. The molecule has 0 aromatic carbocycles. The molecule has 124 valence electrons. The first-order valence-electron chi connectivity index (χ1n) is 7.33. The summed E-state index contributed by atoms with van der Waals surface area (Å²) in [6, 6.07) is 1.73. The van der Waals surface area contributed by atoms with Gasteiger partial charge in [0.05, 0.1) is 17.4 Å². The van der Waals surface area contributed by atoms with Crippen molar-refractivity contribution in [3.63, 3.8) is 0 Å². The van der Waals surface area contributed by atoms with Gasteiger partial charge in [-0.15, -0.1) is 11.3 Å². The fourth-order valence-electron chi connectivity index (χ4n) is 2.67. The molecule has 1 heterocycles. The van der Waals surface area contributed by atoms with Crippen molar-refractivity contribution in [3.05, 3.63) is 33.0 Å². The molecule has 0 unspecified atom stereocenters. The number of amides is 2. The first kappa shape index (κ1) is 17.2. The van der Waals surface area contributed by atoms with Crippen LogP contribution in [0.25, 0.3) is 0 Å². The lowest BCUT2D eigenvalue weighted by Gasteiger charge is -2.29. The number of hydrogen-bond acceptors (Lipinski definition) is 4. The number of carboxylic acid groups (broad SMARTS) is 1. The number of hydrazine groups is 1. The number of aliphatic carboxylic acids is 1. The molecule has 1 aliphatic carbocycles. The van der Waals surface area contributed by atoms with Gasteiger partial charge in [0.15, 0.2) is 0 Å². The lowest BCUT2D eigenvalue weighted by Crippen LogP contribution is -2.48. The van der Waals surface area contributed by atoms with E-state index < -0.39 is 29.6 Å². The van der Waals surface area contributed by atoms with Crippen LogP contribution >= 0.6 is 11.3 Å². The summed E-state index contributed by atoms with van der Waals surface area (Å²) in [5.74, 6) is -3.31. The summed E-state index contributed by atoms with van der Waals surface area (Å²) < 4.78 is 0. The summed E-state index contributed by atoms with van der Waals surface area (Å²) in [7, 11) is 0. The first-order chi connectivity index (χ1) is 10.8. The zero-order chi connectivity index (χ0) is 17.1. The van der Waals surface area contributed by atoms with Gasteiger partial charge in [-0.2, -0.15) is 0 Å². The van der Waals surface area contributed by atoms with Crippen molar-refractivity contribution in [2.45, 2.75) is 33.6 Å². The van der Waals surface area contributed by atoms with Gasteiger partial charge in [0.1, 0.15) is 0 Å². The zero-order valence-corrected chi connectivity index (χ0v) is 14.1. The largest absolute Gasteiger partial charge is 0.481 e. The third-order valence-corrected chi connectivity index (χ3v) is 5.07. The average molecular weight is 336 g/mol. The number of aryl methyl sites for hydroxylation is 1. The molecule has 23 heavy (non-hydrogen) atoms. The summed E-state index contributed by atoms with van der Waals surface area (Å²) >= 11 is 1.44. The van der Waals surface area contributed by atoms with Crippen molar-refractivity contribution in [1.82, 2.24) is 10.9 Å². The van der Waals surface area contributed by atoms with Gasteiger partial charge in [-0.25, -0.2) is 0 Å². The monoisotopic (exact) mass is 336 g/mol. The maximum Gasteiger partial charge on any atom is 0.307 e. The molecule has 0 spiro atoms. The minimum absolute atomic E-state index is 0.358. The van der Waals surface area contributed by atoms with Crippen LogP contribution in [0.1, 0.15) is 41.9 Å². The number of carbonyl (C=O) groups excluding carboxylic acids is 2. The molecule has 1 aliphatic rings. The molecule has 2 atom stereocenters. The van der Waals surface area contributed by atoms with E-state index in [1.807, 2.05) is 20.8 Å². The molecule has 0 fully saturated rings. The summed E-state index contributed by atoms with van der Waals surface area (Å²) in [4.78, 5) is 36.6. The second-order valence-electron chi connectivity index (χ2n) is 5.91. The van der Waals surface area contributed by atoms with E-state index in [2.05, 4.69) is 10.9 Å². The maximum absolute atomic E-state index is 12.3. The van der Waals surface area contributed by atoms with Crippen LogP contribution in [-0.2, 0) is 9.59 Å². The topological polar surface area (TPSA) is 95.5 Å². The van der Waals surface area contributed by atoms with E-state index in [0.717, 1.165) is 16.0 Å². The third kappa shape index (κ3) is 3.98. The second kappa shape index (κ2) is 6.95. The third-order valence-electron chi connectivity index (χ3n) is 4.21. The van der Waals surface area contributed by atoms with Crippen molar-refractivity contribution in [2.75, 3.05) is 0 Å². The SMILES string of the molecule is CC1=C(C)C[C@H](C(=O)NNC(=O)c2csc(C)c2)[C@@H](C(=O)O)C1. The molecule has 0 radical (unpaired) electrons. The summed E-state index contributed by atoms with van der Waals surface area (Å²) in [5, 5.41) is 11.0. The van der Waals surface area contributed by atoms with E-state index in [1.54, 1.807) is 11.4 Å². The molecule has 1 aromatic heterocycles. The van der Waals surface area contributed by atoms with E-state index in [1.165, 1.54) is 11.3 Å². The smallest absolute Gasteiger partial charge is 0.307 e. The Labute approximate surface area is 138 Å². The fourth-order valence-corrected chi connectivity index (χ4v) is 3.36. The lowest BCUT2D eigenvalue weighted by atomic mass is 9.76. The lowest BCUT2D eigenvalue weighted by molar-refractivity contribution is -0.147. The van der Waals surface area contributed by atoms with Crippen LogP contribution in [0, 0.1) is 18.8 Å². The Morgan fingerprint density at radius 1 is 1.09 bits per heavy atom. The van der Waals surface area contributed by atoms with E-state index in [4.69, 9.17) is 0 Å². The Bertz CT molecular complexity index is 677. The Morgan fingerprint density at radius 3 is 2.22 bits per heavy atom. The molecule has 0 bridgehead atoms. The maximum atomic E-state index is 12.3. The number of hydrogen-bond donors (Lipinski definition) is 3. The highest BCUT2D eigenvalue weighted by Crippen LogP contribution is 2.34. The van der Waals surface area contributed by atoms with Gasteiger partial charge in [-0.05, 0) is 39.7 Å². The molecule has 1 aromatic rings. The van der Waals surface area contributed by atoms with Crippen molar-refractivity contribution < 1.29 is 19.5 Å². The summed E-state index contributed by atoms with van der Waals surface area (Å²) in [6.45, 7) is 5.68. The van der Waals surface area contributed by atoms with Gasteiger partial charge < -0.3 is 5.11 Å². The number of thiophene rings is 1. The molecule has 2 amide bonds. The van der Waals surface area contributed by atoms with Crippen LogP contribution in [0.4, 0.5) is 0 Å². The van der Waals surface area contributed by atoms with Crippen LogP contribution in [0.5, 0.6) is 0 Å². The normalized spacial score (nSPS) is 21.0. The van der Waals surface area contributed by atoms with Crippen LogP contribution in [0.15, 0.2) is 22.6 Å². The van der Waals surface area contributed by atoms with Gasteiger partial charge in [0.2, 0.25) is 5.91 Å². The Balaban J connectivity index is 2.01. The van der Waals surface area contributed by atoms with Crippen molar-refractivity contribution in [1.29, 1.82) is 0 Å². The highest BCUT2D eigenvalue weighted by molar-refractivity contribution is 7.10. The minimum atomic E-state index is -0.989. The second-order valence-corrected chi connectivity index (χ2v) is 7.02. The molecule has 2 rings (SSSR count). The predicted molar refractivity (Wildman–Crippen MR) is 86.9 cm³/mol. The molecule has 0 saturated heterocycles. The number of allylic oxidation sites excluding steroid dienone is 2. The van der Waals surface area contributed by atoms with Crippen molar-refractivity contribution >= 4 is 29.1 Å². The van der Waals surface area contributed by atoms with Crippen LogP contribution in [0.2, 0.25) is 0 Å². The first-order valence-corrected chi connectivity index (χ1v) is 8.21. The van der Waals surface area contributed by atoms with Gasteiger partial charge in [-0.1, -0.05) is 11.1 Å². The highest BCUT2D eigenvalue weighted by atomic mass is 32.1. The summed E-state index contributed by atoms with van der Waals surface area (Å²) in [5.41, 5.74) is 7.23. The van der Waals surface area contributed by atoms with Gasteiger partial charge in [0.25, 0.3) is 5.91 Å². The minimum Gasteiger partial charge on any atom is -0.481 e. The number of nitrogens with one attached hydrogen (secondary N) is 2. The van der Waals surface area contributed by atoms with E-state index in [9.17, 15) is 19.5 Å². The Hall–Kier alpha value is -2.15. The average Bonchev–Trinajstić information content (AvgIpc) is 2.93. The van der Waals surface area contributed by atoms with Crippen molar-refractivity contribution in [2.24, 2.45) is 11.8 Å². The number of carbonyl (C=O) groups is 3. The van der Waals surface area contributed by atoms with Crippen LogP contribution in [0.3, 0.4) is 0 Å². The molecule has 0 aliphatic heterocycles. The van der Waals surface area contributed by atoms with Crippen molar-refractivity contribution in [3.8, 4) is 0 Å². The fraction of sp³-hybridized carbons (Fsp3) is 0.438. The molecule has 7 heteroatoms. The van der Waals surface area contributed by atoms with E-state index in [0.29, 0.717) is 18.4 Å². The van der Waals surface area contributed by atoms with E-state index >= 15 is 0 Å². The van der Waals surface area contributed by atoms with E-state index in [-0.39, 0.29) is 0 Å². The molecule has 6 nitrogen and oxygen atoms in total. The standard InChI is InChI=1S/C16H20N2O4S/c1-8-4-12(13(16(21)22)5-9(8)2)15(20)18-17-14(19)11-6-10(3)23-7-11/h6-7,12-13H,4-5H2,1-3H3,(H,17,19)(H,18,20)(H,21,22)/t12-,13-/m0/s1. The van der Waals surface area contributed by atoms with Crippen LogP contribution in [-0.4, -0.2) is 22.9 Å². The molecule has 3 N–H and O–H groups in total. The van der Waals surface area contributed by atoms with Gasteiger partial charge in [-0.3, -0.25) is 25.2 Å². The Kier molecular flexibility index (Phi) is 5.20. The zero-order valence-electron chi connectivity index (χ0n) is 13.3. The summed E-state index contributed by atoms with van der Waals surface area (Å²) in [6.07, 6.45) is 0.749. The van der Waals surface area contributed by atoms with Crippen LogP contribution < -0.4 is 10.9 Å². The Morgan fingerprint density at radius 2 is 1.70 bits per heavy atom. The number of rotatable bonds is 3. The quantitative estimate of drug-likeness (QED) is 0.583. The van der Waals surface area contributed by atoms with Gasteiger partial charge >= 0.3 is 5.97 Å².